The minimum Gasteiger partial charge on any atom is -0.481 e. The summed E-state index contributed by atoms with van der Waals surface area (Å²) < 4.78 is 14.2. The second kappa shape index (κ2) is 11.5. The molecule has 0 radical (unpaired) electrons. The standard InChI is InChI=1S/C26H26ClFN2O4S/c1-26(2,15-20-10-12-22(27)35-20)30-25(34)21(11-13-23(31)32)29-24(33)17-8-6-16(7-9-17)18-4-3-5-19(28)14-18/h3-10,12,14,21H,11,13,15H2,1-2H3,(H,29,33)(H,30,34)(H,31,32)/t21-/m0/s1. The molecule has 1 heterocycles. The number of carboxylic acid groups (broad SMARTS) is 1. The predicted octanol–water partition coefficient (Wildman–Crippen LogP) is 5.31. The summed E-state index contributed by atoms with van der Waals surface area (Å²) in [6, 6.07) is 15.3. The molecule has 184 valence electrons. The monoisotopic (exact) mass is 516 g/mol. The van der Waals surface area contributed by atoms with Crippen LogP contribution in [0, 0.1) is 5.82 Å². The molecule has 6 nitrogen and oxygen atoms in total. The Hall–Kier alpha value is -3.23. The molecule has 3 N–H and O–H groups in total. The van der Waals surface area contributed by atoms with Crippen molar-refractivity contribution in [3.05, 3.63) is 81.3 Å². The van der Waals surface area contributed by atoms with E-state index in [1.54, 1.807) is 42.5 Å². The second-order valence-corrected chi connectivity index (χ2v) is 10.6. The molecule has 2 aromatic carbocycles. The van der Waals surface area contributed by atoms with Crippen LogP contribution in [0.15, 0.2) is 60.7 Å². The van der Waals surface area contributed by atoms with Gasteiger partial charge in [0, 0.05) is 28.8 Å². The summed E-state index contributed by atoms with van der Waals surface area (Å²) in [7, 11) is 0. The van der Waals surface area contributed by atoms with Gasteiger partial charge < -0.3 is 15.7 Å². The molecule has 0 unspecified atom stereocenters. The van der Waals surface area contributed by atoms with E-state index in [4.69, 9.17) is 16.7 Å². The van der Waals surface area contributed by atoms with Crippen molar-refractivity contribution in [2.45, 2.75) is 44.7 Å². The van der Waals surface area contributed by atoms with Gasteiger partial charge >= 0.3 is 5.97 Å². The first kappa shape index (κ1) is 26.4. The zero-order valence-corrected chi connectivity index (χ0v) is 20.9. The summed E-state index contributed by atoms with van der Waals surface area (Å²) in [6.07, 6.45) is 0.185. The highest BCUT2D eigenvalue weighted by Crippen LogP contribution is 2.25. The Labute approximate surface area is 212 Å². The van der Waals surface area contributed by atoms with Gasteiger partial charge in [0.1, 0.15) is 11.9 Å². The Kier molecular flexibility index (Phi) is 8.64. The lowest BCUT2D eigenvalue weighted by atomic mass is 9.98. The highest BCUT2D eigenvalue weighted by atomic mass is 35.5. The van der Waals surface area contributed by atoms with Crippen molar-refractivity contribution >= 4 is 40.7 Å². The first-order valence-corrected chi connectivity index (χ1v) is 12.2. The molecule has 2 amide bonds. The largest absolute Gasteiger partial charge is 0.481 e. The molecule has 1 aromatic heterocycles. The van der Waals surface area contributed by atoms with Crippen molar-refractivity contribution in [1.29, 1.82) is 0 Å². The molecule has 0 spiro atoms. The molecule has 3 aromatic rings. The third kappa shape index (κ3) is 7.90. The fraction of sp³-hybridized carbons (Fsp3) is 0.269. The summed E-state index contributed by atoms with van der Waals surface area (Å²) in [5.41, 5.74) is 1.05. The van der Waals surface area contributed by atoms with Crippen LogP contribution in [0.4, 0.5) is 4.39 Å². The van der Waals surface area contributed by atoms with Crippen LogP contribution < -0.4 is 10.6 Å². The van der Waals surface area contributed by atoms with Gasteiger partial charge in [-0.15, -0.1) is 11.3 Å². The summed E-state index contributed by atoms with van der Waals surface area (Å²) in [5, 5.41) is 14.7. The first-order valence-electron chi connectivity index (χ1n) is 11.0. The van der Waals surface area contributed by atoms with Crippen LogP contribution >= 0.6 is 22.9 Å². The average molecular weight is 517 g/mol. The van der Waals surface area contributed by atoms with Crippen LogP contribution in [0.1, 0.15) is 41.9 Å². The molecule has 1 atom stereocenters. The van der Waals surface area contributed by atoms with Crippen LogP contribution in [0.2, 0.25) is 4.34 Å². The maximum absolute atomic E-state index is 13.5. The van der Waals surface area contributed by atoms with Gasteiger partial charge in [-0.1, -0.05) is 35.9 Å². The van der Waals surface area contributed by atoms with Crippen LogP contribution in [0.5, 0.6) is 0 Å². The molecule has 0 bridgehead atoms. The number of thiophene rings is 1. The molecule has 35 heavy (non-hydrogen) atoms. The fourth-order valence-corrected chi connectivity index (χ4v) is 4.92. The van der Waals surface area contributed by atoms with E-state index in [2.05, 4.69) is 10.6 Å². The lowest BCUT2D eigenvalue weighted by Crippen LogP contribution is -2.54. The van der Waals surface area contributed by atoms with Gasteiger partial charge in [-0.3, -0.25) is 14.4 Å². The number of amides is 2. The SMILES string of the molecule is CC(C)(Cc1ccc(Cl)s1)NC(=O)[C@H](CCC(=O)O)NC(=O)c1ccc(-c2cccc(F)c2)cc1. The number of hydrogen-bond acceptors (Lipinski definition) is 4. The van der Waals surface area contributed by atoms with Crippen molar-refractivity contribution in [2.75, 3.05) is 0 Å². The Morgan fingerprint density at radius 2 is 1.77 bits per heavy atom. The lowest BCUT2D eigenvalue weighted by Gasteiger charge is -2.29. The maximum Gasteiger partial charge on any atom is 0.303 e. The van der Waals surface area contributed by atoms with E-state index < -0.39 is 29.4 Å². The van der Waals surface area contributed by atoms with Crippen molar-refractivity contribution in [2.24, 2.45) is 0 Å². The predicted molar refractivity (Wildman–Crippen MR) is 135 cm³/mol. The molecule has 3 rings (SSSR count). The van der Waals surface area contributed by atoms with E-state index >= 15 is 0 Å². The van der Waals surface area contributed by atoms with Crippen molar-refractivity contribution in [1.82, 2.24) is 10.6 Å². The van der Waals surface area contributed by atoms with E-state index in [1.807, 2.05) is 19.9 Å². The topological polar surface area (TPSA) is 95.5 Å². The quantitative estimate of drug-likeness (QED) is 0.340. The van der Waals surface area contributed by atoms with Crippen molar-refractivity contribution in [3.63, 3.8) is 0 Å². The summed E-state index contributed by atoms with van der Waals surface area (Å²) in [4.78, 5) is 38.0. The molecule has 0 aliphatic carbocycles. The second-order valence-electron chi connectivity index (χ2n) is 8.80. The zero-order chi connectivity index (χ0) is 25.6. The maximum atomic E-state index is 13.5. The molecule has 0 saturated heterocycles. The minimum atomic E-state index is -1.07. The smallest absolute Gasteiger partial charge is 0.303 e. The third-order valence-corrected chi connectivity index (χ3v) is 6.51. The number of benzene rings is 2. The molecule has 9 heteroatoms. The summed E-state index contributed by atoms with van der Waals surface area (Å²) in [6.45, 7) is 3.69. The molecular weight excluding hydrogens is 491 g/mol. The first-order chi connectivity index (χ1) is 16.5. The number of carbonyl (C=O) groups is 3. The van der Waals surface area contributed by atoms with Crippen LogP contribution in [0.3, 0.4) is 0 Å². The zero-order valence-electron chi connectivity index (χ0n) is 19.3. The van der Waals surface area contributed by atoms with Crippen LogP contribution in [-0.4, -0.2) is 34.5 Å². The van der Waals surface area contributed by atoms with Gasteiger partial charge in [0.15, 0.2) is 0 Å². The highest BCUT2D eigenvalue weighted by molar-refractivity contribution is 7.16. The molecular formula is C26H26ClFN2O4S. The Balaban J connectivity index is 1.70. The van der Waals surface area contributed by atoms with Crippen molar-refractivity contribution in [3.8, 4) is 11.1 Å². The summed E-state index contributed by atoms with van der Waals surface area (Å²) >= 11 is 7.41. The van der Waals surface area contributed by atoms with Crippen LogP contribution in [-0.2, 0) is 16.0 Å². The third-order valence-electron chi connectivity index (χ3n) is 5.28. The number of halogens is 2. The molecule has 0 saturated carbocycles. The van der Waals surface area contributed by atoms with E-state index in [0.717, 1.165) is 10.4 Å². The number of hydrogen-bond donors (Lipinski definition) is 3. The number of aliphatic carboxylic acids is 1. The van der Waals surface area contributed by atoms with Gasteiger partial charge in [-0.25, -0.2) is 4.39 Å². The van der Waals surface area contributed by atoms with Gasteiger partial charge in [0.2, 0.25) is 5.91 Å². The van der Waals surface area contributed by atoms with E-state index in [9.17, 15) is 18.8 Å². The molecule has 0 aliphatic heterocycles. The lowest BCUT2D eigenvalue weighted by molar-refractivity contribution is -0.137. The molecule has 0 aliphatic rings. The van der Waals surface area contributed by atoms with Gasteiger partial charge in [-0.2, -0.15) is 0 Å². The number of nitrogens with one attached hydrogen (secondary N) is 2. The van der Waals surface area contributed by atoms with E-state index in [-0.39, 0.29) is 18.7 Å². The molecule has 0 fully saturated rings. The van der Waals surface area contributed by atoms with E-state index in [1.165, 1.54) is 23.5 Å². The number of carboxylic acids is 1. The Morgan fingerprint density at radius 1 is 1.06 bits per heavy atom. The van der Waals surface area contributed by atoms with Gasteiger partial charge in [0.05, 0.1) is 4.34 Å². The fourth-order valence-electron chi connectivity index (χ4n) is 3.61. The Morgan fingerprint density at radius 3 is 2.37 bits per heavy atom. The van der Waals surface area contributed by atoms with E-state index in [0.29, 0.717) is 21.9 Å². The van der Waals surface area contributed by atoms with Gasteiger partial charge in [0.25, 0.3) is 5.91 Å². The normalized spacial score (nSPS) is 12.1. The number of carbonyl (C=O) groups excluding carboxylic acids is 2. The minimum absolute atomic E-state index is 0.0603. The number of rotatable bonds is 10. The van der Waals surface area contributed by atoms with Crippen LogP contribution in [0.25, 0.3) is 11.1 Å². The summed E-state index contributed by atoms with van der Waals surface area (Å²) in [5.74, 6) is -2.40. The average Bonchev–Trinajstić information content (AvgIpc) is 3.19. The van der Waals surface area contributed by atoms with Gasteiger partial charge in [-0.05, 0) is 67.8 Å². The highest BCUT2D eigenvalue weighted by Gasteiger charge is 2.28. The van der Waals surface area contributed by atoms with Crippen molar-refractivity contribution < 1.29 is 23.9 Å². The Bertz CT molecular complexity index is 1210.